The molecule has 0 fully saturated rings. The van der Waals surface area contributed by atoms with Crippen LogP contribution in [0.15, 0.2) is 20.1 Å². The fraction of sp³-hybridized carbons (Fsp3) is 0.429. The van der Waals surface area contributed by atoms with Crippen LogP contribution in [0, 0.1) is 0 Å². The minimum absolute atomic E-state index is 0.000216. The van der Waals surface area contributed by atoms with E-state index in [-0.39, 0.29) is 20.1 Å². The molecule has 0 saturated carbocycles. The molecule has 0 aromatic heterocycles. The first-order valence-corrected chi connectivity index (χ1v) is 6.54. The number of hydrogen-bond donors (Lipinski definition) is 0. The van der Waals surface area contributed by atoms with Crippen LogP contribution < -0.4 is 0 Å². The lowest BCUT2D eigenvalue weighted by Crippen LogP contribution is -2.60. The molecule has 2 aliphatic carbocycles. The van der Waals surface area contributed by atoms with Gasteiger partial charge in [0.2, 0.25) is 0 Å². The lowest BCUT2D eigenvalue weighted by molar-refractivity contribution is 0.562. The van der Waals surface area contributed by atoms with Crippen molar-refractivity contribution in [2.45, 2.75) is 14.1 Å². The summed E-state index contributed by atoms with van der Waals surface area (Å²) >= 11 is 47.9. The lowest BCUT2D eigenvalue weighted by atomic mass is 9.81. The Hall–Kier alpha value is 1.80. The Labute approximate surface area is 126 Å². The van der Waals surface area contributed by atoms with Gasteiger partial charge in [0.25, 0.3) is 0 Å². The Bertz CT molecular complexity index is 421. The zero-order valence-electron chi connectivity index (χ0n) is 6.52. The molecule has 84 valence electrons. The molecule has 0 aromatic rings. The highest BCUT2D eigenvalue weighted by molar-refractivity contribution is 6.71. The monoisotopic (exact) mass is 364 g/mol. The molecule has 0 spiro atoms. The average Bonchev–Trinajstić information content (AvgIpc) is 2.29. The van der Waals surface area contributed by atoms with Crippen LogP contribution in [0.2, 0.25) is 0 Å². The maximum Gasteiger partial charge on any atom is 0.181 e. The summed E-state index contributed by atoms with van der Waals surface area (Å²) in [6.07, 6.45) is 0. The summed E-state index contributed by atoms with van der Waals surface area (Å²) in [4.78, 5) is -2.95. The first-order valence-electron chi connectivity index (χ1n) is 3.51. The van der Waals surface area contributed by atoms with Gasteiger partial charge in [0, 0.05) is 0 Å². The van der Waals surface area contributed by atoms with E-state index in [2.05, 4.69) is 0 Å². The molecular weight excluding hydrogens is 368 g/mol. The Balaban J connectivity index is 2.76. The average molecular weight is 368 g/mol. The first kappa shape index (κ1) is 13.2. The van der Waals surface area contributed by atoms with Crippen molar-refractivity contribution in [1.82, 2.24) is 0 Å². The van der Waals surface area contributed by atoms with E-state index in [0.29, 0.717) is 0 Å². The van der Waals surface area contributed by atoms with Crippen LogP contribution in [-0.2, 0) is 0 Å². The van der Waals surface area contributed by atoms with Gasteiger partial charge in [0.15, 0.2) is 4.33 Å². The summed E-state index contributed by atoms with van der Waals surface area (Å²) in [6, 6.07) is 0. The van der Waals surface area contributed by atoms with Gasteiger partial charge in [-0.2, -0.15) is 0 Å². The number of hydrogen-bond acceptors (Lipinski definition) is 0. The SMILES string of the molecule is ClC1=C(Cl)[C@]2(Cl)C(Cl)=C(Cl)[C@]2(Cl)C1(Cl)Cl. The van der Waals surface area contributed by atoms with Crippen LogP contribution in [-0.4, -0.2) is 14.1 Å². The van der Waals surface area contributed by atoms with Gasteiger partial charge in [0.1, 0.15) is 9.75 Å². The zero-order chi connectivity index (χ0) is 11.8. The summed E-state index contributed by atoms with van der Waals surface area (Å²) < 4.78 is -1.69. The zero-order valence-corrected chi connectivity index (χ0v) is 12.6. The predicted octanol–water partition coefficient (Wildman–Crippen LogP) is 5.52. The van der Waals surface area contributed by atoms with E-state index in [1.807, 2.05) is 0 Å². The van der Waals surface area contributed by atoms with Crippen molar-refractivity contribution in [3.63, 3.8) is 0 Å². The number of halogens is 8. The molecule has 0 aliphatic heterocycles. The molecule has 0 bridgehead atoms. The van der Waals surface area contributed by atoms with E-state index in [1.54, 1.807) is 0 Å². The minimum atomic E-state index is -1.69. The summed E-state index contributed by atoms with van der Waals surface area (Å²) in [7, 11) is 0. The van der Waals surface area contributed by atoms with E-state index in [1.165, 1.54) is 0 Å². The maximum atomic E-state index is 6.19. The highest BCUT2D eigenvalue weighted by Crippen LogP contribution is 2.76. The Morgan fingerprint density at radius 2 is 1.00 bits per heavy atom. The maximum absolute atomic E-state index is 6.19. The van der Waals surface area contributed by atoms with E-state index >= 15 is 0 Å². The van der Waals surface area contributed by atoms with Crippen LogP contribution in [0.3, 0.4) is 0 Å². The molecule has 0 aromatic carbocycles. The first-order chi connectivity index (χ1) is 6.63. The van der Waals surface area contributed by atoms with Crippen molar-refractivity contribution in [1.29, 1.82) is 0 Å². The molecule has 2 rings (SSSR count). The largest absolute Gasteiger partial charge is 0.181 e. The second-order valence-corrected chi connectivity index (χ2v) is 7.12. The van der Waals surface area contributed by atoms with Crippen molar-refractivity contribution in [3.05, 3.63) is 20.1 Å². The summed E-state index contributed by atoms with van der Waals surface area (Å²) in [5.41, 5.74) is 0. The van der Waals surface area contributed by atoms with Crippen LogP contribution in [0.25, 0.3) is 0 Å². The van der Waals surface area contributed by atoms with E-state index < -0.39 is 14.1 Å². The molecule has 2 aliphatic rings. The summed E-state index contributed by atoms with van der Waals surface area (Å²) in [5.74, 6) is 0. The fourth-order valence-electron chi connectivity index (χ4n) is 1.58. The predicted molar refractivity (Wildman–Crippen MR) is 69.1 cm³/mol. The second kappa shape index (κ2) is 3.42. The highest BCUT2D eigenvalue weighted by atomic mass is 35.5. The van der Waals surface area contributed by atoms with Crippen molar-refractivity contribution < 1.29 is 0 Å². The van der Waals surface area contributed by atoms with E-state index in [4.69, 9.17) is 92.8 Å². The molecule has 2 atom stereocenters. The highest BCUT2D eigenvalue weighted by Gasteiger charge is 2.79. The van der Waals surface area contributed by atoms with Gasteiger partial charge < -0.3 is 0 Å². The molecule has 0 amide bonds. The minimum Gasteiger partial charge on any atom is -0.107 e. The molecule has 0 radical (unpaired) electrons. The van der Waals surface area contributed by atoms with Crippen molar-refractivity contribution >= 4 is 92.8 Å². The van der Waals surface area contributed by atoms with Gasteiger partial charge in [-0.3, -0.25) is 0 Å². The molecule has 0 saturated heterocycles. The summed E-state index contributed by atoms with van der Waals surface area (Å²) in [5, 5.41) is 0.0818. The third-order valence-corrected chi connectivity index (χ3v) is 7.70. The third kappa shape index (κ3) is 1.12. The molecule has 0 N–H and O–H groups in total. The molecule has 0 unspecified atom stereocenters. The second-order valence-electron chi connectivity index (χ2n) is 3.15. The molecule has 0 heterocycles. The number of fused-ring (bicyclic) bond motifs is 1. The van der Waals surface area contributed by atoms with Gasteiger partial charge in [-0.1, -0.05) is 69.6 Å². The van der Waals surface area contributed by atoms with Crippen molar-refractivity contribution in [2.75, 3.05) is 0 Å². The van der Waals surface area contributed by atoms with Gasteiger partial charge in [-0.05, 0) is 0 Å². The normalized spacial score (nSPS) is 43.2. The fourth-order valence-corrected chi connectivity index (χ4v) is 5.19. The summed E-state index contributed by atoms with van der Waals surface area (Å²) in [6.45, 7) is 0. The molecular formula is C7Cl8. The standard InChI is InChI=1S/C7Cl8/c8-1-3(10)6(13)5(1,12)2(9)4(11)7(6,14)15/t5-,6-/m1/s1. The third-order valence-electron chi connectivity index (χ3n) is 2.48. The van der Waals surface area contributed by atoms with Gasteiger partial charge in [-0.15, -0.1) is 23.2 Å². The van der Waals surface area contributed by atoms with Crippen LogP contribution in [0.5, 0.6) is 0 Å². The number of allylic oxidation sites excluding steroid dienone is 4. The van der Waals surface area contributed by atoms with Gasteiger partial charge >= 0.3 is 0 Å². The number of rotatable bonds is 0. The molecule has 0 nitrogen and oxygen atoms in total. The van der Waals surface area contributed by atoms with Crippen LogP contribution >= 0.6 is 92.8 Å². The van der Waals surface area contributed by atoms with Crippen molar-refractivity contribution in [2.24, 2.45) is 0 Å². The molecule has 15 heavy (non-hydrogen) atoms. The Morgan fingerprint density at radius 1 is 0.600 bits per heavy atom. The van der Waals surface area contributed by atoms with E-state index in [0.717, 1.165) is 0 Å². The van der Waals surface area contributed by atoms with Gasteiger partial charge in [-0.25, -0.2) is 0 Å². The van der Waals surface area contributed by atoms with Crippen molar-refractivity contribution in [3.8, 4) is 0 Å². The quantitative estimate of drug-likeness (QED) is 0.494. The topological polar surface area (TPSA) is 0 Å². The van der Waals surface area contributed by atoms with Gasteiger partial charge in [0.05, 0.1) is 20.1 Å². The van der Waals surface area contributed by atoms with Crippen LogP contribution in [0.1, 0.15) is 0 Å². The van der Waals surface area contributed by atoms with E-state index in [9.17, 15) is 0 Å². The van der Waals surface area contributed by atoms with Crippen LogP contribution in [0.4, 0.5) is 0 Å². The molecule has 8 heteroatoms. The number of alkyl halides is 4. The smallest absolute Gasteiger partial charge is 0.107 e. The Kier molecular flexibility index (Phi) is 3.02. The Morgan fingerprint density at radius 3 is 1.40 bits per heavy atom. The lowest BCUT2D eigenvalue weighted by Gasteiger charge is -2.49.